The predicted molar refractivity (Wildman–Crippen MR) is 118 cm³/mol. The van der Waals surface area contributed by atoms with Gasteiger partial charge in [-0.15, -0.1) is 0 Å². The van der Waals surface area contributed by atoms with Gasteiger partial charge in [-0.3, -0.25) is 4.79 Å². The molecule has 7 heteroatoms. The van der Waals surface area contributed by atoms with E-state index in [1.165, 1.54) is 0 Å². The van der Waals surface area contributed by atoms with E-state index in [0.29, 0.717) is 32.7 Å². The molecule has 1 aliphatic heterocycles. The van der Waals surface area contributed by atoms with Crippen LogP contribution in [0.15, 0.2) is 72.5 Å². The first kappa shape index (κ1) is 21.0. The minimum atomic E-state index is -0.501. The molecule has 3 aromatic rings. The topological polar surface area (TPSA) is 61.8 Å². The number of ether oxygens (including phenoxy) is 3. The summed E-state index contributed by atoms with van der Waals surface area (Å²) in [6.07, 6.45) is 1.56. The normalized spacial score (nSPS) is 13.6. The Labute approximate surface area is 188 Å². The lowest BCUT2D eigenvalue weighted by Gasteiger charge is -2.08. The Morgan fingerprint density at radius 1 is 1.00 bits per heavy atom. The van der Waals surface area contributed by atoms with Crippen LogP contribution in [0.1, 0.15) is 21.5 Å². The van der Waals surface area contributed by atoms with Gasteiger partial charge in [0.2, 0.25) is 5.78 Å². The molecule has 0 unspecified atom stereocenters. The number of rotatable bonds is 6. The number of hydrogen-bond donors (Lipinski definition) is 0. The van der Waals surface area contributed by atoms with Crippen molar-refractivity contribution in [3.63, 3.8) is 0 Å². The molecule has 0 saturated carbocycles. The van der Waals surface area contributed by atoms with Crippen LogP contribution in [-0.2, 0) is 16.1 Å². The molecule has 0 fully saturated rings. The first-order valence-corrected chi connectivity index (χ1v) is 10.1. The van der Waals surface area contributed by atoms with Crippen molar-refractivity contribution < 1.29 is 23.8 Å². The van der Waals surface area contributed by atoms with E-state index in [0.717, 1.165) is 5.56 Å². The van der Waals surface area contributed by atoms with Gasteiger partial charge in [0.1, 0.15) is 18.1 Å². The minimum absolute atomic E-state index is 0.138. The molecular formula is C24H16Cl2O5. The summed E-state index contributed by atoms with van der Waals surface area (Å²) in [6.45, 7) is -0.0884. The van der Waals surface area contributed by atoms with Crippen LogP contribution < -0.4 is 9.47 Å². The summed E-state index contributed by atoms with van der Waals surface area (Å²) in [6, 6.07) is 19.1. The third-order valence-corrected chi connectivity index (χ3v) is 5.05. The van der Waals surface area contributed by atoms with Crippen molar-refractivity contribution in [1.29, 1.82) is 0 Å². The summed E-state index contributed by atoms with van der Waals surface area (Å²) in [5, 5.41) is 0.906. The number of carbonyl (C=O) groups is 2. The Bertz CT molecular complexity index is 1170. The minimum Gasteiger partial charge on any atom is -0.482 e. The monoisotopic (exact) mass is 454 g/mol. The maximum absolute atomic E-state index is 12.6. The van der Waals surface area contributed by atoms with E-state index < -0.39 is 5.97 Å². The van der Waals surface area contributed by atoms with E-state index in [4.69, 9.17) is 37.4 Å². The van der Waals surface area contributed by atoms with Crippen molar-refractivity contribution in [2.45, 2.75) is 6.61 Å². The Morgan fingerprint density at radius 2 is 1.81 bits per heavy atom. The second-order valence-corrected chi connectivity index (χ2v) is 7.54. The number of benzene rings is 3. The lowest BCUT2D eigenvalue weighted by atomic mass is 10.1. The zero-order chi connectivity index (χ0) is 21.8. The fourth-order valence-electron chi connectivity index (χ4n) is 2.94. The Hall–Kier alpha value is -3.28. The van der Waals surface area contributed by atoms with Crippen molar-refractivity contribution in [3.05, 3.63) is 99.2 Å². The molecule has 4 rings (SSSR count). The van der Waals surface area contributed by atoms with Gasteiger partial charge in [0, 0.05) is 16.1 Å². The van der Waals surface area contributed by atoms with E-state index in [-0.39, 0.29) is 24.8 Å². The molecule has 1 heterocycles. The van der Waals surface area contributed by atoms with Crippen LogP contribution in [0.5, 0.6) is 11.5 Å². The summed E-state index contributed by atoms with van der Waals surface area (Å²) in [7, 11) is 0. The molecule has 0 aliphatic carbocycles. The number of hydrogen-bond acceptors (Lipinski definition) is 5. The molecule has 0 N–H and O–H groups in total. The van der Waals surface area contributed by atoms with Crippen LogP contribution >= 0.6 is 23.2 Å². The number of fused-ring (bicyclic) bond motifs is 1. The molecule has 31 heavy (non-hydrogen) atoms. The molecule has 1 aliphatic rings. The molecule has 0 atom stereocenters. The summed E-state index contributed by atoms with van der Waals surface area (Å²) >= 11 is 12.1. The Kier molecular flexibility index (Phi) is 6.26. The van der Waals surface area contributed by atoms with Crippen molar-refractivity contribution in [3.8, 4) is 11.5 Å². The molecule has 0 aromatic heterocycles. The van der Waals surface area contributed by atoms with Crippen molar-refractivity contribution in [1.82, 2.24) is 0 Å². The van der Waals surface area contributed by atoms with Crippen LogP contribution in [0.4, 0.5) is 0 Å². The predicted octanol–water partition coefficient (Wildman–Crippen LogP) is 5.73. The van der Waals surface area contributed by atoms with E-state index >= 15 is 0 Å². The van der Waals surface area contributed by atoms with Gasteiger partial charge in [-0.2, -0.15) is 0 Å². The standard InChI is InChI=1S/C24H16Cl2O5/c25-17-7-6-16(20(26)11-17)10-22-24(28)19-9-8-18(12-21(19)31-22)29-14-23(27)30-13-15-4-2-1-3-5-15/h1-12H,13-14H2/b22-10-. The first-order chi connectivity index (χ1) is 15.0. The summed E-state index contributed by atoms with van der Waals surface area (Å²) in [5.41, 5.74) is 1.90. The fourth-order valence-corrected chi connectivity index (χ4v) is 3.40. The van der Waals surface area contributed by atoms with E-state index in [1.54, 1.807) is 42.5 Å². The summed E-state index contributed by atoms with van der Waals surface area (Å²) in [5.74, 6) is 0.0956. The fraction of sp³-hybridized carbons (Fsp3) is 0.0833. The Morgan fingerprint density at radius 3 is 2.58 bits per heavy atom. The highest BCUT2D eigenvalue weighted by Crippen LogP contribution is 2.35. The van der Waals surface area contributed by atoms with Crippen LogP contribution in [0, 0.1) is 0 Å². The van der Waals surface area contributed by atoms with Gasteiger partial charge in [-0.05, 0) is 41.5 Å². The van der Waals surface area contributed by atoms with Crippen molar-refractivity contribution in [2.24, 2.45) is 0 Å². The van der Waals surface area contributed by atoms with Crippen LogP contribution in [0.3, 0.4) is 0 Å². The van der Waals surface area contributed by atoms with Crippen LogP contribution in [-0.4, -0.2) is 18.4 Å². The van der Waals surface area contributed by atoms with Crippen LogP contribution in [0.2, 0.25) is 10.0 Å². The van der Waals surface area contributed by atoms with Gasteiger partial charge in [0.15, 0.2) is 12.4 Å². The van der Waals surface area contributed by atoms with Crippen molar-refractivity contribution in [2.75, 3.05) is 6.61 Å². The average molecular weight is 455 g/mol. The summed E-state index contributed by atoms with van der Waals surface area (Å²) < 4.78 is 16.3. The van der Waals surface area contributed by atoms with Crippen molar-refractivity contribution >= 4 is 41.0 Å². The third kappa shape index (κ3) is 5.08. The maximum atomic E-state index is 12.6. The quantitative estimate of drug-likeness (QED) is 0.351. The van der Waals surface area contributed by atoms with Gasteiger partial charge in [-0.25, -0.2) is 4.79 Å². The van der Waals surface area contributed by atoms with Gasteiger partial charge in [0.05, 0.1) is 5.56 Å². The molecule has 5 nitrogen and oxygen atoms in total. The number of Topliss-reactive ketones (excluding diaryl/α,β-unsaturated/α-hetero) is 1. The number of allylic oxidation sites excluding steroid dienone is 1. The molecule has 0 amide bonds. The molecule has 0 saturated heterocycles. The highest BCUT2D eigenvalue weighted by Gasteiger charge is 2.28. The zero-order valence-electron chi connectivity index (χ0n) is 16.1. The number of esters is 1. The zero-order valence-corrected chi connectivity index (χ0v) is 17.7. The highest BCUT2D eigenvalue weighted by molar-refractivity contribution is 6.35. The molecule has 0 spiro atoms. The smallest absolute Gasteiger partial charge is 0.344 e. The lowest BCUT2D eigenvalue weighted by Crippen LogP contribution is -2.14. The lowest BCUT2D eigenvalue weighted by molar-refractivity contribution is -0.147. The maximum Gasteiger partial charge on any atom is 0.344 e. The highest BCUT2D eigenvalue weighted by atomic mass is 35.5. The van der Waals surface area contributed by atoms with E-state index in [2.05, 4.69) is 0 Å². The van der Waals surface area contributed by atoms with Gasteiger partial charge in [-0.1, -0.05) is 59.6 Å². The second-order valence-electron chi connectivity index (χ2n) is 6.70. The van der Waals surface area contributed by atoms with Gasteiger partial charge >= 0.3 is 5.97 Å². The third-order valence-electron chi connectivity index (χ3n) is 4.49. The second kappa shape index (κ2) is 9.25. The van der Waals surface area contributed by atoms with Crippen LogP contribution in [0.25, 0.3) is 6.08 Å². The number of carbonyl (C=O) groups excluding carboxylic acids is 2. The SMILES string of the molecule is O=C(COc1ccc2c(c1)O/C(=C\c1ccc(Cl)cc1Cl)C2=O)OCc1ccccc1. The average Bonchev–Trinajstić information content (AvgIpc) is 3.08. The van der Waals surface area contributed by atoms with Gasteiger partial charge < -0.3 is 14.2 Å². The number of ketones is 1. The van der Waals surface area contributed by atoms with E-state index in [9.17, 15) is 9.59 Å². The van der Waals surface area contributed by atoms with Gasteiger partial charge in [0.25, 0.3) is 0 Å². The molecule has 0 radical (unpaired) electrons. The van der Waals surface area contributed by atoms with E-state index in [1.807, 2.05) is 30.3 Å². The summed E-state index contributed by atoms with van der Waals surface area (Å²) in [4.78, 5) is 24.5. The molecule has 156 valence electrons. The Balaban J connectivity index is 1.39. The molecular weight excluding hydrogens is 439 g/mol. The largest absolute Gasteiger partial charge is 0.482 e. The molecule has 3 aromatic carbocycles. The first-order valence-electron chi connectivity index (χ1n) is 9.35. The number of halogens is 2. The molecule has 0 bridgehead atoms.